The fourth-order valence-electron chi connectivity index (χ4n) is 1.02. The Balaban J connectivity index is 3.05. The van der Waals surface area contributed by atoms with Crippen LogP contribution < -0.4 is 5.73 Å². The van der Waals surface area contributed by atoms with Gasteiger partial charge in [-0.3, -0.25) is 0 Å². The second-order valence-corrected chi connectivity index (χ2v) is 4.65. The standard InChI is InChI=1S/C8H12N2O2S/c1-6-7(9)4-3-5-8(6)10-13(2,11)12/h3-6H,9H2,1-2H3. The van der Waals surface area contributed by atoms with E-state index in [1.165, 1.54) is 0 Å². The van der Waals surface area contributed by atoms with Gasteiger partial charge in [-0.25, -0.2) is 8.42 Å². The van der Waals surface area contributed by atoms with E-state index in [4.69, 9.17) is 5.73 Å². The molecule has 0 aliphatic heterocycles. The van der Waals surface area contributed by atoms with E-state index in [9.17, 15) is 8.42 Å². The van der Waals surface area contributed by atoms with Crippen LogP contribution in [0.5, 0.6) is 0 Å². The first-order valence-corrected chi connectivity index (χ1v) is 5.68. The Hall–Kier alpha value is -1.10. The smallest absolute Gasteiger partial charge is 0.250 e. The fraction of sp³-hybridized carbons (Fsp3) is 0.375. The first kappa shape index (κ1) is 9.98. The Morgan fingerprint density at radius 3 is 2.69 bits per heavy atom. The Morgan fingerprint density at radius 1 is 1.54 bits per heavy atom. The van der Waals surface area contributed by atoms with Crippen molar-refractivity contribution >= 4 is 15.7 Å². The van der Waals surface area contributed by atoms with Crippen molar-refractivity contribution in [2.75, 3.05) is 6.26 Å². The Morgan fingerprint density at radius 2 is 2.15 bits per heavy atom. The van der Waals surface area contributed by atoms with Crippen LogP contribution in [-0.4, -0.2) is 20.4 Å². The van der Waals surface area contributed by atoms with E-state index in [0.29, 0.717) is 11.4 Å². The molecule has 2 N–H and O–H groups in total. The summed E-state index contributed by atoms with van der Waals surface area (Å²) in [7, 11) is -3.33. The van der Waals surface area contributed by atoms with Crippen LogP contribution in [0.2, 0.25) is 0 Å². The minimum atomic E-state index is -3.33. The number of nitrogens with zero attached hydrogens (tertiary/aromatic N) is 1. The van der Waals surface area contributed by atoms with Crippen molar-refractivity contribution < 1.29 is 8.42 Å². The molecule has 4 nitrogen and oxygen atoms in total. The van der Waals surface area contributed by atoms with E-state index in [1.807, 2.05) is 6.92 Å². The highest BCUT2D eigenvalue weighted by Gasteiger charge is 2.15. The molecule has 72 valence electrons. The molecule has 0 bridgehead atoms. The maximum atomic E-state index is 10.9. The van der Waals surface area contributed by atoms with Gasteiger partial charge in [-0.15, -0.1) is 0 Å². The van der Waals surface area contributed by atoms with Gasteiger partial charge < -0.3 is 5.73 Å². The lowest BCUT2D eigenvalue weighted by molar-refractivity contribution is 0.603. The average molecular weight is 200 g/mol. The van der Waals surface area contributed by atoms with Crippen molar-refractivity contribution in [2.24, 2.45) is 16.0 Å². The van der Waals surface area contributed by atoms with Gasteiger partial charge in [0.1, 0.15) is 0 Å². The summed E-state index contributed by atoms with van der Waals surface area (Å²) >= 11 is 0. The number of hydrogen-bond acceptors (Lipinski definition) is 3. The Kier molecular flexibility index (Phi) is 2.56. The first-order valence-electron chi connectivity index (χ1n) is 3.84. The van der Waals surface area contributed by atoms with Crippen LogP contribution >= 0.6 is 0 Å². The normalized spacial score (nSPS) is 26.2. The summed E-state index contributed by atoms with van der Waals surface area (Å²) in [6.45, 7) is 1.82. The number of nitrogens with two attached hydrogens (primary N) is 1. The monoisotopic (exact) mass is 200 g/mol. The van der Waals surface area contributed by atoms with Crippen LogP contribution in [0.15, 0.2) is 28.3 Å². The van der Waals surface area contributed by atoms with E-state index < -0.39 is 10.0 Å². The zero-order valence-electron chi connectivity index (χ0n) is 7.56. The summed E-state index contributed by atoms with van der Waals surface area (Å²) in [4.78, 5) is 0. The molecule has 0 fully saturated rings. The molecule has 5 heteroatoms. The van der Waals surface area contributed by atoms with E-state index in [1.54, 1.807) is 18.2 Å². The third kappa shape index (κ3) is 2.69. The second kappa shape index (κ2) is 3.33. The van der Waals surface area contributed by atoms with Gasteiger partial charge in [0.2, 0.25) is 10.0 Å². The predicted octanol–water partition coefficient (Wildman–Crippen LogP) is 0.436. The van der Waals surface area contributed by atoms with E-state index in [2.05, 4.69) is 4.40 Å². The van der Waals surface area contributed by atoms with Gasteiger partial charge in [0, 0.05) is 11.6 Å². The summed E-state index contributed by atoms with van der Waals surface area (Å²) in [5, 5.41) is 0. The van der Waals surface area contributed by atoms with Crippen LogP contribution in [0.1, 0.15) is 6.92 Å². The molecule has 0 radical (unpaired) electrons. The SMILES string of the molecule is CC1C(N)=CC=CC1=NS(C)(=O)=O. The van der Waals surface area contributed by atoms with Gasteiger partial charge in [-0.2, -0.15) is 4.40 Å². The molecular formula is C8H12N2O2S. The van der Waals surface area contributed by atoms with Crippen molar-refractivity contribution in [3.8, 4) is 0 Å². The summed E-state index contributed by atoms with van der Waals surface area (Å²) in [5.41, 5.74) is 6.74. The molecular weight excluding hydrogens is 188 g/mol. The molecule has 0 heterocycles. The van der Waals surface area contributed by atoms with Crippen LogP contribution in [0.4, 0.5) is 0 Å². The highest BCUT2D eigenvalue weighted by Crippen LogP contribution is 2.14. The minimum Gasteiger partial charge on any atom is -0.401 e. The van der Waals surface area contributed by atoms with Gasteiger partial charge in [-0.05, 0) is 12.2 Å². The fourth-order valence-corrected chi connectivity index (χ4v) is 1.62. The Labute approximate surface area is 77.9 Å². The van der Waals surface area contributed by atoms with Gasteiger partial charge in [0.05, 0.1) is 12.0 Å². The molecule has 0 aromatic heterocycles. The van der Waals surface area contributed by atoms with Crippen LogP contribution in [0, 0.1) is 5.92 Å². The van der Waals surface area contributed by atoms with Crippen molar-refractivity contribution in [1.82, 2.24) is 0 Å². The molecule has 1 atom stereocenters. The summed E-state index contributed by atoms with van der Waals surface area (Å²) < 4.78 is 25.3. The van der Waals surface area contributed by atoms with E-state index >= 15 is 0 Å². The third-order valence-electron chi connectivity index (χ3n) is 1.77. The predicted molar refractivity (Wildman–Crippen MR) is 52.9 cm³/mol. The van der Waals surface area contributed by atoms with Crippen molar-refractivity contribution in [3.63, 3.8) is 0 Å². The van der Waals surface area contributed by atoms with Crippen LogP contribution in [0.3, 0.4) is 0 Å². The zero-order chi connectivity index (χ0) is 10.1. The lowest BCUT2D eigenvalue weighted by atomic mass is 9.98. The summed E-state index contributed by atoms with van der Waals surface area (Å²) in [6, 6.07) is 0. The maximum absolute atomic E-state index is 10.9. The average Bonchev–Trinajstić information content (AvgIpc) is 1.96. The van der Waals surface area contributed by atoms with Crippen molar-refractivity contribution in [3.05, 3.63) is 23.9 Å². The number of allylic oxidation sites excluding steroid dienone is 4. The topological polar surface area (TPSA) is 72.5 Å². The number of hydrogen-bond donors (Lipinski definition) is 1. The second-order valence-electron chi connectivity index (χ2n) is 3.00. The minimum absolute atomic E-state index is 0.125. The Bertz CT molecular complexity index is 390. The summed E-state index contributed by atoms with van der Waals surface area (Å²) in [6.07, 6.45) is 6.16. The van der Waals surface area contributed by atoms with Gasteiger partial charge in [-0.1, -0.05) is 13.0 Å². The molecule has 0 spiro atoms. The first-order chi connectivity index (χ1) is 5.90. The van der Waals surface area contributed by atoms with Gasteiger partial charge >= 0.3 is 0 Å². The third-order valence-corrected chi connectivity index (χ3v) is 2.31. The molecule has 1 rings (SSSR count). The molecule has 0 amide bonds. The van der Waals surface area contributed by atoms with Crippen molar-refractivity contribution in [1.29, 1.82) is 0 Å². The molecule has 0 aromatic rings. The van der Waals surface area contributed by atoms with Crippen molar-refractivity contribution in [2.45, 2.75) is 6.92 Å². The molecule has 1 unspecified atom stereocenters. The molecule has 0 saturated carbocycles. The highest BCUT2D eigenvalue weighted by atomic mass is 32.2. The molecule has 13 heavy (non-hydrogen) atoms. The van der Waals surface area contributed by atoms with Crippen LogP contribution in [0.25, 0.3) is 0 Å². The quantitative estimate of drug-likeness (QED) is 0.667. The highest BCUT2D eigenvalue weighted by molar-refractivity contribution is 7.89. The lowest BCUT2D eigenvalue weighted by Crippen LogP contribution is -2.20. The summed E-state index contributed by atoms with van der Waals surface area (Å²) in [5.74, 6) is -0.125. The van der Waals surface area contributed by atoms with Crippen LogP contribution in [-0.2, 0) is 10.0 Å². The number of rotatable bonds is 1. The largest absolute Gasteiger partial charge is 0.401 e. The molecule has 1 aliphatic carbocycles. The molecule has 0 aromatic carbocycles. The van der Waals surface area contributed by atoms with Gasteiger partial charge in [0.15, 0.2) is 0 Å². The lowest BCUT2D eigenvalue weighted by Gasteiger charge is -2.14. The molecule has 1 aliphatic rings. The van der Waals surface area contributed by atoms with E-state index in [0.717, 1.165) is 6.26 Å². The van der Waals surface area contributed by atoms with Gasteiger partial charge in [0.25, 0.3) is 0 Å². The van der Waals surface area contributed by atoms with E-state index in [-0.39, 0.29) is 5.92 Å². The zero-order valence-corrected chi connectivity index (χ0v) is 8.38. The maximum Gasteiger partial charge on any atom is 0.250 e. The molecule has 0 saturated heterocycles. The number of sulfonamides is 1.